The molecule has 0 saturated heterocycles. The van der Waals surface area contributed by atoms with Gasteiger partial charge in [-0.25, -0.2) is 18.1 Å². The van der Waals surface area contributed by atoms with E-state index in [0.29, 0.717) is 18.4 Å². The van der Waals surface area contributed by atoms with Gasteiger partial charge in [0.25, 0.3) is 0 Å². The van der Waals surface area contributed by atoms with Crippen molar-refractivity contribution in [1.82, 2.24) is 10.0 Å². The Morgan fingerprint density at radius 2 is 1.71 bits per heavy atom. The van der Waals surface area contributed by atoms with E-state index in [1.165, 1.54) is 0 Å². The molecule has 0 aromatic heterocycles. The Labute approximate surface area is 146 Å². The second kappa shape index (κ2) is 9.64. The molecule has 0 radical (unpaired) electrons. The molecule has 7 heteroatoms. The molecule has 4 N–H and O–H groups in total. The number of aliphatic imine (C=N–C) groups is 1. The molecule has 0 aliphatic rings. The highest BCUT2D eigenvalue weighted by molar-refractivity contribution is 7.88. The molecule has 0 spiro atoms. The van der Waals surface area contributed by atoms with Crippen LogP contribution in [0.5, 0.6) is 0 Å². The van der Waals surface area contributed by atoms with Crippen LogP contribution >= 0.6 is 0 Å². The summed E-state index contributed by atoms with van der Waals surface area (Å²) in [6, 6.07) is 7.28. The van der Waals surface area contributed by atoms with Crippen LogP contribution in [-0.4, -0.2) is 27.0 Å². The van der Waals surface area contributed by atoms with Crippen molar-refractivity contribution in [3.8, 4) is 0 Å². The fourth-order valence-electron chi connectivity index (χ4n) is 2.08. The van der Waals surface area contributed by atoms with Crippen molar-refractivity contribution in [2.24, 2.45) is 16.6 Å². The molecular formula is C17H30N4O2S. The molecule has 1 aromatic carbocycles. The molecule has 24 heavy (non-hydrogen) atoms. The minimum absolute atomic E-state index is 0.0202. The van der Waals surface area contributed by atoms with Gasteiger partial charge in [0.2, 0.25) is 10.0 Å². The highest BCUT2D eigenvalue weighted by atomic mass is 32.2. The molecule has 0 atom stereocenters. The average molecular weight is 355 g/mol. The lowest BCUT2D eigenvalue weighted by Crippen LogP contribution is -2.32. The third kappa shape index (κ3) is 8.88. The number of nitrogens with one attached hydrogen (secondary N) is 2. The van der Waals surface area contributed by atoms with E-state index in [0.717, 1.165) is 24.1 Å². The van der Waals surface area contributed by atoms with E-state index in [4.69, 9.17) is 5.73 Å². The highest BCUT2D eigenvalue weighted by Crippen LogP contribution is 2.09. The van der Waals surface area contributed by atoms with Gasteiger partial charge >= 0.3 is 0 Å². The number of hydrogen-bond donors (Lipinski definition) is 3. The summed E-state index contributed by atoms with van der Waals surface area (Å²) in [5.74, 6) is 1.04. The first-order valence-corrected chi connectivity index (χ1v) is 9.95. The number of benzene rings is 1. The Balaban J connectivity index is 2.53. The largest absolute Gasteiger partial charge is 0.370 e. The molecule has 0 amide bonds. The standard InChI is InChI=1S/C17H30N4O2S/c1-13(2)9-10-19-17(18)20-11-15-5-7-16(8-6-15)12-24(22,23)21-14(3)4/h5-8,13-14,21H,9-12H2,1-4H3,(H3,18,19,20). The van der Waals surface area contributed by atoms with E-state index in [2.05, 4.69) is 28.9 Å². The Hall–Kier alpha value is -1.60. The van der Waals surface area contributed by atoms with Gasteiger partial charge in [0, 0.05) is 12.6 Å². The summed E-state index contributed by atoms with van der Waals surface area (Å²) >= 11 is 0. The topological polar surface area (TPSA) is 96.6 Å². The number of sulfonamides is 1. The summed E-state index contributed by atoms with van der Waals surface area (Å²) in [6.45, 7) is 9.21. The number of hydrogen-bond acceptors (Lipinski definition) is 3. The molecule has 0 fully saturated rings. The van der Waals surface area contributed by atoms with Crippen LogP contribution in [0.3, 0.4) is 0 Å². The van der Waals surface area contributed by atoms with Crippen LogP contribution in [0, 0.1) is 5.92 Å². The number of rotatable bonds is 9. The maximum absolute atomic E-state index is 11.9. The minimum atomic E-state index is -3.30. The van der Waals surface area contributed by atoms with E-state index in [-0.39, 0.29) is 11.8 Å². The highest BCUT2D eigenvalue weighted by Gasteiger charge is 2.12. The van der Waals surface area contributed by atoms with Gasteiger partial charge in [-0.1, -0.05) is 38.1 Å². The zero-order valence-electron chi connectivity index (χ0n) is 15.0. The van der Waals surface area contributed by atoms with Gasteiger partial charge in [0.05, 0.1) is 12.3 Å². The van der Waals surface area contributed by atoms with Gasteiger partial charge < -0.3 is 11.1 Å². The van der Waals surface area contributed by atoms with Crippen molar-refractivity contribution in [3.05, 3.63) is 35.4 Å². The SMILES string of the molecule is CC(C)CCNC(N)=NCc1ccc(CS(=O)(=O)NC(C)C)cc1. The van der Waals surface area contributed by atoms with Crippen LogP contribution in [0.2, 0.25) is 0 Å². The Morgan fingerprint density at radius 1 is 1.12 bits per heavy atom. The smallest absolute Gasteiger partial charge is 0.216 e. The summed E-state index contributed by atoms with van der Waals surface area (Å²) in [6.07, 6.45) is 1.05. The lowest BCUT2D eigenvalue weighted by molar-refractivity contribution is 0.569. The van der Waals surface area contributed by atoms with Crippen molar-refractivity contribution >= 4 is 16.0 Å². The molecular weight excluding hydrogens is 324 g/mol. The lowest BCUT2D eigenvalue weighted by Gasteiger charge is -2.10. The maximum Gasteiger partial charge on any atom is 0.216 e. The number of nitrogens with zero attached hydrogens (tertiary/aromatic N) is 1. The van der Waals surface area contributed by atoms with Gasteiger partial charge in [-0.05, 0) is 37.3 Å². The van der Waals surface area contributed by atoms with E-state index in [1.54, 1.807) is 13.8 Å². The Morgan fingerprint density at radius 3 is 2.25 bits per heavy atom. The Kier molecular flexibility index (Phi) is 8.21. The van der Waals surface area contributed by atoms with E-state index in [1.807, 2.05) is 24.3 Å². The van der Waals surface area contributed by atoms with Gasteiger partial charge in [0.15, 0.2) is 5.96 Å². The van der Waals surface area contributed by atoms with Crippen LogP contribution in [0.15, 0.2) is 29.3 Å². The van der Waals surface area contributed by atoms with Crippen molar-refractivity contribution < 1.29 is 8.42 Å². The van der Waals surface area contributed by atoms with E-state index in [9.17, 15) is 8.42 Å². The fourth-order valence-corrected chi connectivity index (χ4v) is 3.52. The molecule has 0 unspecified atom stereocenters. The third-order valence-electron chi connectivity index (χ3n) is 3.25. The summed E-state index contributed by atoms with van der Waals surface area (Å²) in [4.78, 5) is 4.29. The summed E-state index contributed by atoms with van der Waals surface area (Å²) < 4.78 is 26.4. The maximum atomic E-state index is 11.9. The Bertz CT molecular complexity index is 622. The lowest BCUT2D eigenvalue weighted by atomic mass is 10.1. The van der Waals surface area contributed by atoms with E-state index < -0.39 is 10.0 Å². The predicted octanol–water partition coefficient (Wildman–Crippen LogP) is 1.96. The van der Waals surface area contributed by atoms with Crippen LogP contribution in [-0.2, 0) is 22.3 Å². The second-order valence-corrected chi connectivity index (χ2v) is 8.41. The average Bonchev–Trinajstić information content (AvgIpc) is 2.44. The van der Waals surface area contributed by atoms with Crippen molar-refractivity contribution in [2.45, 2.75) is 52.5 Å². The van der Waals surface area contributed by atoms with Crippen LogP contribution in [0.1, 0.15) is 45.2 Å². The van der Waals surface area contributed by atoms with Crippen molar-refractivity contribution in [2.75, 3.05) is 6.54 Å². The quantitative estimate of drug-likeness (QED) is 0.466. The number of guanidine groups is 1. The zero-order chi connectivity index (χ0) is 18.2. The second-order valence-electron chi connectivity index (χ2n) is 6.66. The summed E-state index contributed by atoms with van der Waals surface area (Å²) in [5, 5.41) is 3.08. The molecule has 0 saturated carbocycles. The molecule has 0 aliphatic carbocycles. The predicted molar refractivity (Wildman–Crippen MR) is 100 cm³/mol. The van der Waals surface area contributed by atoms with Crippen molar-refractivity contribution in [3.63, 3.8) is 0 Å². The van der Waals surface area contributed by atoms with E-state index >= 15 is 0 Å². The molecule has 0 aliphatic heterocycles. The normalized spacial score (nSPS) is 12.8. The minimum Gasteiger partial charge on any atom is -0.370 e. The first-order chi connectivity index (χ1) is 11.2. The fraction of sp³-hybridized carbons (Fsp3) is 0.588. The first kappa shape index (κ1) is 20.4. The van der Waals surface area contributed by atoms with Crippen LogP contribution in [0.4, 0.5) is 0 Å². The van der Waals surface area contributed by atoms with Crippen LogP contribution in [0.25, 0.3) is 0 Å². The van der Waals surface area contributed by atoms with Gasteiger partial charge in [-0.3, -0.25) is 0 Å². The molecule has 1 rings (SSSR count). The van der Waals surface area contributed by atoms with Gasteiger partial charge in [-0.2, -0.15) is 0 Å². The molecule has 0 heterocycles. The van der Waals surface area contributed by atoms with Crippen LogP contribution < -0.4 is 15.8 Å². The zero-order valence-corrected chi connectivity index (χ0v) is 15.9. The number of nitrogens with two attached hydrogens (primary N) is 1. The van der Waals surface area contributed by atoms with Crippen molar-refractivity contribution in [1.29, 1.82) is 0 Å². The summed E-state index contributed by atoms with van der Waals surface area (Å²) in [7, 11) is -3.30. The van der Waals surface area contributed by atoms with Gasteiger partial charge in [0.1, 0.15) is 0 Å². The molecule has 136 valence electrons. The monoisotopic (exact) mass is 354 g/mol. The van der Waals surface area contributed by atoms with Gasteiger partial charge in [-0.15, -0.1) is 0 Å². The first-order valence-electron chi connectivity index (χ1n) is 8.29. The third-order valence-corrected chi connectivity index (χ3v) is 4.80. The summed E-state index contributed by atoms with van der Waals surface area (Å²) in [5.41, 5.74) is 7.56. The molecule has 0 bridgehead atoms. The molecule has 6 nitrogen and oxygen atoms in total. The molecule has 1 aromatic rings.